The van der Waals surface area contributed by atoms with E-state index in [1.54, 1.807) is 0 Å². The van der Waals surface area contributed by atoms with Gasteiger partial charge in [0.1, 0.15) is 0 Å². The Morgan fingerprint density at radius 2 is 1.09 bits per heavy atom. The molecule has 0 heterocycles. The van der Waals surface area contributed by atoms with Gasteiger partial charge in [0.25, 0.3) is 0 Å². The molecule has 0 amide bonds. The minimum Gasteiger partial charge on any atom is -1.00 e. The van der Waals surface area contributed by atoms with Crippen LogP contribution in [0, 0.1) is 0 Å². The van der Waals surface area contributed by atoms with Gasteiger partial charge in [0.15, 0.2) is 0 Å². The van der Waals surface area contributed by atoms with Crippen molar-refractivity contribution in [2.24, 2.45) is 4.99 Å². The average molecular weight is 559 g/mol. The Morgan fingerprint density at radius 1 is 0.727 bits per heavy atom. The van der Waals surface area contributed by atoms with Crippen LogP contribution in [-0.2, 0) is 0 Å². The molecule has 4 heteroatoms. The predicted molar refractivity (Wildman–Crippen MR) is 149 cm³/mol. The van der Waals surface area contributed by atoms with Crippen LogP contribution in [0.4, 0.5) is 11.4 Å². The van der Waals surface area contributed by atoms with Crippen LogP contribution in [0.25, 0.3) is 5.32 Å². The fourth-order valence-electron chi connectivity index (χ4n) is 4.00. The predicted octanol–water partition coefficient (Wildman–Crippen LogP) is 7.00. The van der Waals surface area contributed by atoms with Crippen LogP contribution >= 0.6 is 0 Å². The molecule has 33 heavy (non-hydrogen) atoms. The van der Waals surface area contributed by atoms with Crippen LogP contribution < -0.4 is 4.70 Å². The second-order valence-electron chi connectivity index (χ2n) is 9.84. The second-order valence-corrected chi connectivity index (χ2v) is 9.84. The van der Waals surface area contributed by atoms with E-state index in [2.05, 4.69) is 112 Å². The van der Waals surface area contributed by atoms with E-state index >= 15 is 0 Å². The SMILES string of the molecule is CC(/C=C(\C)[N-]c1c(C(C)C)cccc1C(C)C)=Nc1c(C(C)C)cccc1C(C)C.[F-].[HH].[HH].[Sn+2]. The molecule has 0 saturated heterocycles. The van der Waals surface area contributed by atoms with Crippen molar-refractivity contribution < 1.29 is 7.56 Å². The normalized spacial score (nSPS) is 12.3. The molecule has 2 aromatic rings. The number of nitrogens with zero attached hydrogens (tertiary/aromatic N) is 2. The van der Waals surface area contributed by atoms with Crippen LogP contribution in [0.2, 0.25) is 0 Å². The Hall–Kier alpha value is -1.62. The molecule has 0 spiro atoms. The standard InChI is InChI=1S/C29H41N2.FH.Sn.2H2/c1-18(2)24-13-11-14-25(19(3)4)28(24)30-22(9)17-23(10)31-29-26(20(5)6)15-12-16-27(29)21(7)8;;;;/h11-21H,1-10H3;1H;;2*1H/q-1;;+2;;/p-1/b22-17+,31-23?;;;;. The maximum atomic E-state index is 5.08. The number of rotatable bonds is 8. The van der Waals surface area contributed by atoms with Crippen molar-refractivity contribution in [2.75, 3.05) is 0 Å². The summed E-state index contributed by atoms with van der Waals surface area (Å²) in [6.45, 7) is 22.1. The van der Waals surface area contributed by atoms with Crippen molar-refractivity contribution in [3.05, 3.63) is 75.7 Å². The van der Waals surface area contributed by atoms with Crippen molar-refractivity contribution in [3.8, 4) is 0 Å². The summed E-state index contributed by atoms with van der Waals surface area (Å²) >= 11 is 0. The molecule has 2 aromatic carbocycles. The summed E-state index contributed by atoms with van der Waals surface area (Å²) in [6, 6.07) is 13.1. The minimum atomic E-state index is 0. The van der Waals surface area contributed by atoms with E-state index in [1.165, 1.54) is 22.3 Å². The maximum absolute atomic E-state index is 5.08. The van der Waals surface area contributed by atoms with Gasteiger partial charge in [0.2, 0.25) is 0 Å². The van der Waals surface area contributed by atoms with Gasteiger partial charge in [-0.3, -0.25) is 4.99 Å². The van der Waals surface area contributed by atoms with Crippen molar-refractivity contribution in [1.82, 2.24) is 0 Å². The van der Waals surface area contributed by atoms with E-state index in [4.69, 9.17) is 10.3 Å². The number of hydrogen-bond acceptors (Lipinski definition) is 1. The Labute approximate surface area is 221 Å². The zero-order chi connectivity index (χ0) is 23.3. The molecule has 0 aromatic heterocycles. The molecule has 0 unspecified atom stereocenters. The third kappa shape index (κ3) is 8.27. The fourth-order valence-corrected chi connectivity index (χ4v) is 4.00. The number of hydrogen-bond donors (Lipinski definition) is 0. The molecule has 0 N–H and O–H groups in total. The summed E-state index contributed by atoms with van der Waals surface area (Å²) < 4.78 is 0. The topological polar surface area (TPSA) is 26.5 Å². The Bertz CT molecular complexity index is 915. The molecule has 182 valence electrons. The summed E-state index contributed by atoms with van der Waals surface area (Å²) in [5, 5.41) is 5.08. The van der Waals surface area contributed by atoms with Crippen LogP contribution in [-0.4, -0.2) is 29.6 Å². The molecular weight excluding hydrogens is 514 g/mol. The largest absolute Gasteiger partial charge is 2.00 e. The zero-order valence-electron chi connectivity index (χ0n) is 22.1. The molecule has 2 rings (SSSR count). The molecule has 0 aliphatic heterocycles. The molecule has 0 saturated carbocycles. The molecule has 0 atom stereocenters. The van der Waals surface area contributed by atoms with Crippen molar-refractivity contribution in [1.29, 1.82) is 0 Å². The van der Waals surface area contributed by atoms with Crippen LogP contribution in [0.3, 0.4) is 0 Å². The van der Waals surface area contributed by atoms with Gasteiger partial charge >= 0.3 is 23.9 Å². The molecule has 0 aliphatic carbocycles. The number of aliphatic imine (C=N–C) groups is 1. The summed E-state index contributed by atoms with van der Waals surface area (Å²) in [6.07, 6.45) is 2.11. The minimum absolute atomic E-state index is 0. The van der Waals surface area contributed by atoms with E-state index in [1.807, 2.05) is 0 Å². The first-order chi connectivity index (χ1) is 14.5. The van der Waals surface area contributed by atoms with Gasteiger partial charge in [-0.1, -0.05) is 116 Å². The Morgan fingerprint density at radius 3 is 1.45 bits per heavy atom. The number of benzene rings is 2. The van der Waals surface area contributed by atoms with Gasteiger partial charge < -0.3 is 10.0 Å². The summed E-state index contributed by atoms with van der Waals surface area (Å²) in [7, 11) is 0. The summed E-state index contributed by atoms with van der Waals surface area (Å²) in [4.78, 5) is 5.08. The number of allylic oxidation sites excluding steroid dienone is 2. The van der Waals surface area contributed by atoms with E-state index in [0.29, 0.717) is 23.7 Å². The van der Waals surface area contributed by atoms with Crippen LogP contribution in [0.1, 0.15) is 118 Å². The van der Waals surface area contributed by atoms with Gasteiger partial charge in [0.05, 0.1) is 5.69 Å². The quantitative estimate of drug-likeness (QED) is 0.246. The van der Waals surface area contributed by atoms with E-state index in [9.17, 15) is 0 Å². The third-order valence-electron chi connectivity index (χ3n) is 5.68. The van der Waals surface area contributed by atoms with Crippen LogP contribution in [0.15, 0.2) is 53.2 Å². The van der Waals surface area contributed by atoms with Gasteiger partial charge in [-0.25, -0.2) is 0 Å². The Balaban J connectivity index is -0.00000256. The number of para-hydroxylation sites is 2. The smallest absolute Gasteiger partial charge is 1.00 e. The van der Waals surface area contributed by atoms with Gasteiger partial charge in [0, 0.05) is 8.56 Å². The molecule has 0 fully saturated rings. The summed E-state index contributed by atoms with van der Waals surface area (Å²) in [5.74, 6) is 1.75. The molecule has 2 nitrogen and oxygen atoms in total. The van der Waals surface area contributed by atoms with Crippen molar-refractivity contribution in [3.63, 3.8) is 0 Å². The van der Waals surface area contributed by atoms with E-state index < -0.39 is 0 Å². The molecular formula is C29H45FN2Sn. The first kappa shape index (κ1) is 31.4. The van der Waals surface area contributed by atoms with Crippen LogP contribution in [0.5, 0.6) is 0 Å². The van der Waals surface area contributed by atoms with E-state index in [0.717, 1.165) is 22.8 Å². The van der Waals surface area contributed by atoms with Crippen molar-refractivity contribution in [2.45, 2.75) is 92.9 Å². The second kappa shape index (κ2) is 13.9. The summed E-state index contributed by atoms with van der Waals surface area (Å²) in [5.41, 5.74) is 9.45. The molecule has 0 aliphatic rings. The van der Waals surface area contributed by atoms with E-state index in [-0.39, 0.29) is 31.5 Å². The van der Waals surface area contributed by atoms with Gasteiger partial charge in [-0.2, -0.15) is 5.70 Å². The molecule has 0 bridgehead atoms. The number of halogens is 1. The van der Waals surface area contributed by atoms with Gasteiger partial charge in [-0.05, 0) is 41.7 Å². The third-order valence-corrected chi connectivity index (χ3v) is 5.68. The monoisotopic (exact) mass is 560 g/mol. The van der Waals surface area contributed by atoms with Gasteiger partial charge in [-0.15, -0.1) is 5.69 Å². The Kier molecular flexibility index (Phi) is 13.2. The van der Waals surface area contributed by atoms with Crippen molar-refractivity contribution >= 4 is 41.0 Å². The first-order valence-corrected chi connectivity index (χ1v) is 11.7. The zero-order valence-corrected chi connectivity index (χ0v) is 25.0. The first-order valence-electron chi connectivity index (χ1n) is 11.7. The average Bonchev–Trinajstić information content (AvgIpc) is 2.67. The maximum Gasteiger partial charge on any atom is 2.00 e. The fraction of sp³-hybridized carbons (Fsp3) is 0.483. The molecule has 2 radical (unpaired) electrons.